The van der Waals surface area contributed by atoms with Gasteiger partial charge < -0.3 is 15.8 Å². The van der Waals surface area contributed by atoms with Gasteiger partial charge in [0.25, 0.3) is 0 Å². The number of piperidine rings is 1. The van der Waals surface area contributed by atoms with E-state index in [1.165, 1.54) is 0 Å². The summed E-state index contributed by atoms with van der Waals surface area (Å²) in [5.41, 5.74) is 10.9. The molecule has 4 heterocycles. The number of hydrogen-bond acceptors (Lipinski definition) is 9. The molecule has 0 aliphatic carbocycles. The minimum absolute atomic E-state index is 0.189. The molecular formula is C31H35N9O. The number of likely N-dealkylation sites (tertiary alicyclic amines) is 1. The van der Waals surface area contributed by atoms with Gasteiger partial charge in [0.1, 0.15) is 30.1 Å². The maximum absolute atomic E-state index is 9.33. The van der Waals surface area contributed by atoms with Crippen LogP contribution >= 0.6 is 0 Å². The van der Waals surface area contributed by atoms with Crippen LogP contribution in [-0.4, -0.2) is 63.8 Å². The van der Waals surface area contributed by atoms with Crippen molar-refractivity contribution >= 4 is 23.3 Å². The molecule has 210 valence electrons. The van der Waals surface area contributed by atoms with Gasteiger partial charge in [0, 0.05) is 56.5 Å². The fourth-order valence-corrected chi connectivity index (χ4v) is 4.87. The minimum Gasteiger partial charge on any atom is -0.492 e. The Balaban J connectivity index is 1.18. The van der Waals surface area contributed by atoms with E-state index in [1.807, 2.05) is 47.1 Å². The predicted molar refractivity (Wildman–Crippen MR) is 161 cm³/mol. The lowest BCUT2D eigenvalue weighted by molar-refractivity contribution is 0.135. The number of hydrogen-bond donors (Lipinski definition) is 2. The van der Waals surface area contributed by atoms with Gasteiger partial charge in [-0.15, -0.1) is 0 Å². The van der Waals surface area contributed by atoms with Crippen molar-refractivity contribution in [3.63, 3.8) is 0 Å². The van der Waals surface area contributed by atoms with E-state index in [4.69, 9.17) is 10.5 Å². The van der Waals surface area contributed by atoms with E-state index >= 15 is 0 Å². The van der Waals surface area contributed by atoms with Crippen molar-refractivity contribution in [1.82, 2.24) is 24.3 Å². The molecule has 41 heavy (non-hydrogen) atoms. The third-order valence-electron chi connectivity index (χ3n) is 7.53. The number of ether oxygens (including phenoxy) is 1. The Bertz CT molecular complexity index is 1580. The fourth-order valence-electron chi connectivity index (χ4n) is 4.87. The van der Waals surface area contributed by atoms with Crippen molar-refractivity contribution in [1.29, 1.82) is 5.26 Å². The van der Waals surface area contributed by atoms with Crippen molar-refractivity contribution in [3.8, 4) is 23.2 Å². The number of nitrogens with one attached hydrogen (secondary N) is 1. The average Bonchev–Trinajstić information content (AvgIpc) is 3.44. The highest BCUT2D eigenvalue weighted by atomic mass is 16.5. The van der Waals surface area contributed by atoms with E-state index in [0.29, 0.717) is 13.2 Å². The van der Waals surface area contributed by atoms with Crippen molar-refractivity contribution in [2.75, 3.05) is 38.6 Å². The molecule has 5 rings (SSSR count). The molecule has 3 aromatic heterocycles. The number of aliphatic imine (C=N–C) groups is 1. The first-order valence-electron chi connectivity index (χ1n) is 13.7. The van der Waals surface area contributed by atoms with Gasteiger partial charge >= 0.3 is 0 Å². The SMILES string of the molecule is CN=CC(=CN)c1ccc(CNc2cc(-c3cnc4cc(OCCN5CCC(C)(C#N)CC5)ccn34)ncn2)cc1. The molecule has 10 heteroatoms. The highest BCUT2D eigenvalue weighted by molar-refractivity contribution is 6.09. The number of anilines is 1. The Hall–Kier alpha value is -4.75. The number of rotatable bonds is 10. The van der Waals surface area contributed by atoms with Crippen LogP contribution in [0.2, 0.25) is 0 Å². The molecule has 0 radical (unpaired) electrons. The molecule has 1 fully saturated rings. The largest absolute Gasteiger partial charge is 0.492 e. The topological polar surface area (TPSA) is 130 Å². The molecule has 1 aromatic carbocycles. The van der Waals surface area contributed by atoms with E-state index < -0.39 is 0 Å². The van der Waals surface area contributed by atoms with Crippen LogP contribution in [0.3, 0.4) is 0 Å². The zero-order valence-electron chi connectivity index (χ0n) is 23.5. The number of aromatic nitrogens is 4. The molecule has 0 bridgehead atoms. The minimum atomic E-state index is -0.189. The summed E-state index contributed by atoms with van der Waals surface area (Å²) in [4.78, 5) is 19.9. The first kappa shape index (κ1) is 27.8. The maximum atomic E-state index is 9.33. The predicted octanol–water partition coefficient (Wildman–Crippen LogP) is 4.41. The zero-order chi connectivity index (χ0) is 28.7. The number of fused-ring (bicyclic) bond motifs is 1. The van der Waals surface area contributed by atoms with Crippen molar-refractivity contribution in [2.45, 2.75) is 26.3 Å². The lowest BCUT2D eigenvalue weighted by atomic mass is 9.82. The number of nitriles is 1. The van der Waals surface area contributed by atoms with Gasteiger partial charge in [0.15, 0.2) is 0 Å². The number of pyridine rings is 1. The van der Waals surface area contributed by atoms with Gasteiger partial charge in [-0.3, -0.25) is 14.3 Å². The zero-order valence-corrected chi connectivity index (χ0v) is 23.5. The Morgan fingerprint density at radius 1 is 1.17 bits per heavy atom. The van der Waals surface area contributed by atoms with Gasteiger partial charge in [-0.2, -0.15) is 5.26 Å². The molecule has 1 aliphatic heterocycles. The van der Waals surface area contributed by atoms with E-state index in [1.54, 1.807) is 25.8 Å². The molecule has 3 N–H and O–H groups in total. The highest BCUT2D eigenvalue weighted by Gasteiger charge is 2.29. The number of benzene rings is 1. The molecule has 4 aromatic rings. The van der Waals surface area contributed by atoms with Gasteiger partial charge in [0.2, 0.25) is 0 Å². The standard InChI is InChI=1S/C31H35N9O/c1-31(21-33)8-11-39(12-9-31)13-14-41-26-7-10-40-28(20-36-30(40)15-26)27-16-29(38-22-37-27)35-18-23-3-5-24(6-4-23)25(17-32)19-34-2/h3-7,10,15-17,19-20,22H,8-9,11-14,18,32H2,1-2H3,(H,35,37,38). The lowest BCUT2D eigenvalue weighted by Crippen LogP contribution is -2.39. The Labute approximate surface area is 240 Å². The molecule has 0 spiro atoms. The molecular weight excluding hydrogens is 514 g/mol. The smallest absolute Gasteiger partial charge is 0.140 e. The summed E-state index contributed by atoms with van der Waals surface area (Å²) in [7, 11) is 1.72. The molecule has 10 nitrogen and oxygen atoms in total. The first-order chi connectivity index (χ1) is 20.0. The third-order valence-corrected chi connectivity index (χ3v) is 7.53. The van der Waals surface area contributed by atoms with Gasteiger partial charge in [0.05, 0.1) is 29.1 Å². The van der Waals surface area contributed by atoms with Crippen molar-refractivity contribution in [3.05, 3.63) is 78.5 Å². The monoisotopic (exact) mass is 549 g/mol. The molecule has 0 amide bonds. The number of imidazole rings is 1. The number of nitrogens with zero attached hydrogens (tertiary/aromatic N) is 7. The average molecular weight is 550 g/mol. The van der Waals surface area contributed by atoms with Crippen LogP contribution in [0.1, 0.15) is 30.9 Å². The number of allylic oxidation sites excluding steroid dienone is 1. The molecule has 0 unspecified atom stereocenters. The Morgan fingerprint density at radius 3 is 2.71 bits per heavy atom. The van der Waals surface area contributed by atoms with Crippen LogP contribution in [0.15, 0.2) is 72.4 Å². The van der Waals surface area contributed by atoms with Crippen LogP contribution in [0, 0.1) is 16.7 Å². The van der Waals surface area contributed by atoms with E-state index in [-0.39, 0.29) is 5.41 Å². The summed E-state index contributed by atoms with van der Waals surface area (Å²) in [5, 5.41) is 12.7. The van der Waals surface area contributed by atoms with Gasteiger partial charge in [-0.25, -0.2) is 15.0 Å². The van der Waals surface area contributed by atoms with E-state index in [2.05, 4.69) is 55.3 Å². The number of nitrogens with two attached hydrogens (primary N) is 1. The van der Waals surface area contributed by atoms with E-state index in [0.717, 1.165) is 77.8 Å². The molecule has 1 aliphatic rings. The third kappa shape index (κ3) is 6.70. The normalized spacial score (nSPS) is 15.7. The first-order valence-corrected chi connectivity index (χ1v) is 13.7. The molecule has 0 saturated carbocycles. The molecule has 0 atom stereocenters. The lowest BCUT2D eigenvalue weighted by Gasteiger charge is -2.34. The quantitative estimate of drug-likeness (QED) is 0.278. The van der Waals surface area contributed by atoms with Crippen LogP contribution in [-0.2, 0) is 6.54 Å². The summed E-state index contributed by atoms with van der Waals surface area (Å²) in [6, 6.07) is 16.4. The summed E-state index contributed by atoms with van der Waals surface area (Å²) >= 11 is 0. The second-order valence-corrected chi connectivity index (χ2v) is 10.4. The summed E-state index contributed by atoms with van der Waals surface area (Å²) < 4.78 is 8.02. The summed E-state index contributed by atoms with van der Waals surface area (Å²) in [6.45, 7) is 5.96. The summed E-state index contributed by atoms with van der Waals surface area (Å²) in [5.74, 6) is 1.50. The second-order valence-electron chi connectivity index (χ2n) is 10.4. The Kier molecular flexibility index (Phi) is 8.56. The van der Waals surface area contributed by atoms with Crippen LogP contribution in [0.4, 0.5) is 5.82 Å². The Morgan fingerprint density at radius 2 is 1.98 bits per heavy atom. The van der Waals surface area contributed by atoms with E-state index in [9.17, 15) is 5.26 Å². The van der Waals surface area contributed by atoms with Crippen LogP contribution in [0.5, 0.6) is 5.75 Å². The highest BCUT2D eigenvalue weighted by Crippen LogP contribution is 2.29. The van der Waals surface area contributed by atoms with Gasteiger partial charge in [-0.1, -0.05) is 24.3 Å². The fraction of sp³-hybridized carbons (Fsp3) is 0.323. The van der Waals surface area contributed by atoms with Gasteiger partial charge in [-0.05, 0) is 50.0 Å². The van der Waals surface area contributed by atoms with Crippen molar-refractivity contribution in [2.24, 2.45) is 16.1 Å². The maximum Gasteiger partial charge on any atom is 0.140 e. The van der Waals surface area contributed by atoms with Crippen molar-refractivity contribution < 1.29 is 4.74 Å². The summed E-state index contributed by atoms with van der Waals surface area (Å²) in [6.07, 6.45) is 10.4. The van der Waals surface area contributed by atoms with Crippen LogP contribution in [0.25, 0.3) is 22.6 Å². The van der Waals surface area contributed by atoms with Crippen LogP contribution < -0.4 is 15.8 Å². The second kappa shape index (κ2) is 12.6. The molecule has 1 saturated heterocycles.